The summed E-state index contributed by atoms with van der Waals surface area (Å²) in [5.74, 6) is 2.43. The first-order chi connectivity index (χ1) is 18.6. The highest BCUT2D eigenvalue weighted by Gasteiger charge is 2.28. The van der Waals surface area contributed by atoms with Crippen molar-refractivity contribution < 1.29 is 13.5 Å². The van der Waals surface area contributed by atoms with Gasteiger partial charge in [-0.2, -0.15) is 0 Å². The average molecular weight is 521 g/mol. The van der Waals surface area contributed by atoms with Crippen LogP contribution in [0.25, 0.3) is 5.57 Å². The van der Waals surface area contributed by atoms with Crippen LogP contribution in [0.15, 0.2) is 42.5 Å². The Balaban J connectivity index is 1.16. The molecule has 38 heavy (non-hydrogen) atoms. The predicted octanol–water partition coefficient (Wildman–Crippen LogP) is 10.3. The summed E-state index contributed by atoms with van der Waals surface area (Å²) in [7, 11) is 0. The number of ether oxygens (including phenoxy) is 1. The lowest BCUT2D eigenvalue weighted by atomic mass is 9.75. The molecule has 3 heteroatoms. The molecule has 3 aliphatic rings. The largest absolute Gasteiger partial charge is 0.381 e. The van der Waals surface area contributed by atoms with Crippen molar-refractivity contribution in [2.24, 2.45) is 11.8 Å². The van der Waals surface area contributed by atoms with Crippen molar-refractivity contribution in [1.82, 2.24) is 0 Å². The lowest BCUT2D eigenvalue weighted by Gasteiger charge is -2.31. The van der Waals surface area contributed by atoms with Gasteiger partial charge < -0.3 is 4.74 Å². The van der Waals surface area contributed by atoms with Gasteiger partial charge in [0, 0.05) is 18.8 Å². The van der Waals surface area contributed by atoms with Crippen LogP contribution in [-0.4, -0.2) is 13.2 Å². The number of hydrogen-bond donors (Lipinski definition) is 0. The van der Waals surface area contributed by atoms with Gasteiger partial charge >= 0.3 is 0 Å². The lowest BCUT2D eigenvalue weighted by molar-refractivity contribution is 0.0920. The number of rotatable bonds is 8. The zero-order valence-electron chi connectivity index (χ0n) is 23.5. The molecule has 1 unspecified atom stereocenters. The Morgan fingerprint density at radius 2 is 1.34 bits per heavy atom. The van der Waals surface area contributed by atoms with Gasteiger partial charge in [0.15, 0.2) is 0 Å². The molecule has 2 saturated carbocycles. The quantitative estimate of drug-likeness (QED) is 0.336. The molecule has 0 N–H and O–H groups in total. The van der Waals surface area contributed by atoms with E-state index in [1.807, 2.05) is 12.1 Å². The first-order valence-corrected chi connectivity index (χ1v) is 15.4. The van der Waals surface area contributed by atoms with Gasteiger partial charge in [-0.25, -0.2) is 8.78 Å². The Bertz CT molecular complexity index is 1090. The summed E-state index contributed by atoms with van der Waals surface area (Å²) in [5.41, 5.74) is 5.14. The predicted molar refractivity (Wildman–Crippen MR) is 154 cm³/mol. The van der Waals surface area contributed by atoms with E-state index in [1.165, 1.54) is 36.8 Å². The monoisotopic (exact) mass is 520 g/mol. The molecule has 0 aliphatic heterocycles. The fraction of sp³-hybridized carbons (Fsp3) is 0.600. The summed E-state index contributed by atoms with van der Waals surface area (Å²) in [6, 6.07) is 12.0. The minimum Gasteiger partial charge on any atom is -0.381 e. The fourth-order valence-corrected chi connectivity index (χ4v) is 7.36. The van der Waals surface area contributed by atoms with Gasteiger partial charge in [-0.1, -0.05) is 43.7 Å². The molecule has 0 aromatic heterocycles. The van der Waals surface area contributed by atoms with Crippen molar-refractivity contribution in [2.75, 3.05) is 13.2 Å². The normalized spacial score (nSPS) is 28.2. The fourth-order valence-electron chi connectivity index (χ4n) is 7.36. The molecule has 0 amide bonds. The molecule has 0 saturated heterocycles. The summed E-state index contributed by atoms with van der Waals surface area (Å²) >= 11 is 0. The van der Waals surface area contributed by atoms with Gasteiger partial charge in [0.05, 0.1) is 0 Å². The number of halogens is 2. The molecule has 2 aromatic carbocycles. The molecule has 3 aliphatic carbocycles. The lowest BCUT2D eigenvalue weighted by Crippen LogP contribution is -2.18. The molecule has 1 nitrogen and oxygen atoms in total. The minimum atomic E-state index is -0.0700. The molecule has 5 rings (SSSR count). The first-order valence-electron chi connectivity index (χ1n) is 15.4. The van der Waals surface area contributed by atoms with E-state index >= 15 is 8.78 Å². The van der Waals surface area contributed by atoms with Crippen LogP contribution in [0.4, 0.5) is 8.78 Å². The third-order valence-electron chi connectivity index (χ3n) is 9.97. The number of benzene rings is 2. The maximum absolute atomic E-state index is 15.3. The van der Waals surface area contributed by atoms with Crippen molar-refractivity contribution in [3.8, 4) is 0 Å². The summed E-state index contributed by atoms with van der Waals surface area (Å²) < 4.78 is 36.0. The number of allylic oxidation sites excluding steroid dienone is 2. The molecule has 0 heterocycles. The van der Waals surface area contributed by atoms with E-state index in [-0.39, 0.29) is 17.6 Å². The van der Waals surface area contributed by atoms with E-state index in [4.69, 9.17) is 4.74 Å². The van der Waals surface area contributed by atoms with Crippen LogP contribution >= 0.6 is 0 Å². The molecular weight excluding hydrogens is 474 g/mol. The second-order valence-corrected chi connectivity index (χ2v) is 12.2. The van der Waals surface area contributed by atoms with Crippen molar-refractivity contribution in [3.63, 3.8) is 0 Å². The van der Waals surface area contributed by atoms with Gasteiger partial charge in [-0.15, -0.1) is 0 Å². The Morgan fingerprint density at radius 1 is 0.711 bits per heavy atom. The van der Waals surface area contributed by atoms with E-state index < -0.39 is 0 Å². The minimum absolute atomic E-state index is 0.0242. The molecule has 0 radical (unpaired) electrons. The molecule has 0 bridgehead atoms. The second kappa shape index (κ2) is 12.9. The highest BCUT2D eigenvalue weighted by molar-refractivity contribution is 5.67. The third kappa shape index (κ3) is 6.41. The Kier molecular flexibility index (Phi) is 9.36. The van der Waals surface area contributed by atoms with E-state index in [1.54, 1.807) is 6.07 Å². The molecule has 206 valence electrons. The van der Waals surface area contributed by atoms with Gasteiger partial charge in [0.1, 0.15) is 11.6 Å². The molecule has 2 fully saturated rings. The summed E-state index contributed by atoms with van der Waals surface area (Å²) in [6.07, 6.45) is 15.2. The topological polar surface area (TPSA) is 9.23 Å². The zero-order chi connectivity index (χ0) is 26.5. The van der Waals surface area contributed by atoms with Crippen LogP contribution in [0.1, 0.15) is 131 Å². The highest BCUT2D eigenvalue weighted by Crippen LogP contribution is 2.43. The van der Waals surface area contributed by atoms with Crippen LogP contribution in [0.2, 0.25) is 0 Å². The van der Waals surface area contributed by atoms with Crippen molar-refractivity contribution in [2.45, 2.75) is 109 Å². The van der Waals surface area contributed by atoms with Crippen LogP contribution in [0.3, 0.4) is 0 Å². The van der Waals surface area contributed by atoms with Crippen molar-refractivity contribution >= 4 is 5.57 Å². The zero-order valence-corrected chi connectivity index (χ0v) is 23.5. The van der Waals surface area contributed by atoms with Crippen LogP contribution < -0.4 is 0 Å². The van der Waals surface area contributed by atoms with E-state index in [0.29, 0.717) is 17.8 Å². The SMILES string of the molecule is CCOCC1CCC(c2ccc(C3CCC(c4ccc(C5=CCC(CC)CC5)c(F)c4)CC3)c(F)c2)CC1. The van der Waals surface area contributed by atoms with E-state index in [2.05, 4.69) is 38.1 Å². The maximum Gasteiger partial charge on any atom is 0.130 e. The second-order valence-electron chi connectivity index (χ2n) is 12.2. The Labute approximate surface area is 229 Å². The summed E-state index contributed by atoms with van der Waals surface area (Å²) in [5, 5.41) is 0. The van der Waals surface area contributed by atoms with Crippen LogP contribution in [0, 0.1) is 23.5 Å². The summed E-state index contributed by atoms with van der Waals surface area (Å²) in [6.45, 7) is 5.95. The van der Waals surface area contributed by atoms with Gasteiger partial charge in [-0.05, 0) is 142 Å². The van der Waals surface area contributed by atoms with Crippen LogP contribution in [0.5, 0.6) is 0 Å². The number of hydrogen-bond acceptors (Lipinski definition) is 1. The van der Waals surface area contributed by atoms with Crippen molar-refractivity contribution in [1.29, 1.82) is 0 Å². The Morgan fingerprint density at radius 3 is 1.92 bits per heavy atom. The van der Waals surface area contributed by atoms with Gasteiger partial charge in [-0.3, -0.25) is 0 Å². The molecule has 2 aromatic rings. The van der Waals surface area contributed by atoms with Crippen molar-refractivity contribution in [3.05, 3.63) is 76.4 Å². The van der Waals surface area contributed by atoms with Crippen LogP contribution in [-0.2, 0) is 4.74 Å². The molecular formula is C35H46F2O. The standard InChI is InChI=1S/C35H46F2O/c1-3-24-5-11-28(12-6-24)32-19-18-31(22-34(32)36)27-13-15-29(16-14-27)33-20-17-30(21-35(33)37)26-9-7-25(8-10-26)23-38-4-2/h11,17-22,24-27,29H,3-10,12-16,23H2,1-2H3. The molecule has 1 atom stereocenters. The highest BCUT2D eigenvalue weighted by atomic mass is 19.1. The average Bonchev–Trinajstić information content (AvgIpc) is 2.96. The van der Waals surface area contributed by atoms with Gasteiger partial charge in [0.25, 0.3) is 0 Å². The maximum atomic E-state index is 15.3. The third-order valence-corrected chi connectivity index (χ3v) is 9.97. The summed E-state index contributed by atoms with van der Waals surface area (Å²) in [4.78, 5) is 0. The van der Waals surface area contributed by atoms with E-state index in [0.717, 1.165) is 87.2 Å². The smallest absolute Gasteiger partial charge is 0.130 e. The Hall–Kier alpha value is -2.00. The van der Waals surface area contributed by atoms with E-state index in [9.17, 15) is 0 Å². The van der Waals surface area contributed by atoms with Gasteiger partial charge in [0.2, 0.25) is 0 Å². The first kappa shape index (κ1) is 27.6. The molecule has 0 spiro atoms.